The monoisotopic (exact) mass is 367 g/mol. The summed E-state index contributed by atoms with van der Waals surface area (Å²) < 4.78 is 33.5. The Morgan fingerprint density at radius 2 is 1.50 bits per heavy atom. The second kappa shape index (κ2) is 7.62. The van der Waals surface area contributed by atoms with E-state index in [-0.39, 0.29) is 11.4 Å². The number of ether oxygens (including phenoxy) is 1. The summed E-state index contributed by atoms with van der Waals surface area (Å²) in [7, 11) is -2.17. The molecular formula is C21H21NO3S. The number of rotatable bonds is 6. The average molecular weight is 367 g/mol. The normalized spacial score (nSPS) is 11.2. The summed E-state index contributed by atoms with van der Waals surface area (Å²) in [4.78, 5) is 0.276. The van der Waals surface area contributed by atoms with Gasteiger partial charge in [-0.05, 0) is 48.4 Å². The topological polar surface area (TPSA) is 46.6 Å². The molecule has 3 aromatic carbocycles. The molecule has 0 amide bonds. The average Bonchev–Trinajstić information content (AvgIpc) is 2.67. The van der Waals surface area contributed by atoms with Gasteiger partial charge < -0.3 is 4.74 Å². The van der Waals surface area contributed by atoms with Crippen molar-refractivity contribution in [2.45, 2.75) is 18.4 Å². The van der Waals surface area contributed by atoms with E-state index in [4.69, 9.17) is 4.74 Å². The van der Waals surface area contributed by atoms with E-state index in [0.717, 1.165) is 5.56 Å². The van der Waals surface area contributed by atoms with Crippen LogP contribution in [0.25, 0.3) is 0 Å². The first-order valence-corrected chi connectivity index (χ1v) is 9.73. The van der Waals surface area contributed by atoms with Crippen LogP contribution in [0.4, 0.5) is 5.69 Å². The van der Waals surface area contributed by atoms with Gasteiger partial charge in [0.15, 0.2) is 0 Å². The summed E-state index contributed by atoms with van der Waals surface area (Å²) in [6.45, 7) is 2.04. The summed E-state index contributed by atoms with van der Waals surface area (Å²) >= 11 is 0. The lowest BCUT2D eigenvalue weighted by Crippen LogP contribution is -2.31. The Labute approximate surface area is 154 Å². The highest BCUT2D eigenvalue weighted by atomic mass is 32.2. The minimum absolute atomic E-state index is 0.263. The zero-order valence-corrected chi connectivity index (χ0v) is 15.6. The first-order valence-electron chi connectivity index (χ1n) is 8.29. The molecule has 0 saturated heterocycles. The van der Waals surface area contributed by atoms with Crippen LogP contribution in [-0.2, 0) is 16.6 Å². The number of hydrogen-bond acceptors (Lipinski definition) is 3. The van der Waals surface area contributed by atoms with Gasteiger partial charge in [-0.3, -0.25) is 4.31 Å². The van der Waals surface area contributed by atoms with Crippen molar-refractivity contribution in [1.29, 1.82) is 0 Å². The molecule has 26 heavy (non-hydrogen) atoms. The SMILES string of the molecule is COc1ccc(S(=O)(=O)N(Cc2ccccc2)c2ccccc2)c(C)c1. The van der Waals surface area contributed by atoms with Gasteiger partial charge >= 0.3 is 0 Å². The van der Waals surface area contributed by atoms with Crippen molar-refractivity contribution < 1.29 is 13.2 Å². The zero-order chi connectivity index (χ0) is 18.6. The van der Waals surface area contributed by atoms with Gasteiger partial charge in [0.1, 0.15) is 5.75 Å². The molecule has 0 atom stereocenters. The number of nitrogens with zero attached hydrogens (tertiary/aromatic N) is 1. The fraction of sp³-hybridized carbons (Fsp3) is 0.143. The minimum Gasteiger partial charge on any atom is -0.497 e. The van der Waals surface area contributed by atoms with Crippen LogP contribution in [0, 0.1) is 6.92 Å². The van der Waals surface area contributed by atoms with Crippen molar-refractivity contribution in [3.8, 4) is 5.75 Å². The third-order valence-corrected chi connectivity index (χ3v) is 6.10. The molecule has 0 radical (unpaired) electrons. The fourth-order valence-corrected chi connectivity index (χ4v) is 4.48. The van der Waals surface area contributed by atoms with Crippen LogP contribution in [0.5, 0.6) is 5.75 Å². The van der Waals surface area contributed by atoms with Crippen LogP contribution >= 0.6 is 0 Å². The van der Waals surface area contributed by atoms with E-state index in [1.54, 1.807) is 44.4 Å². The largest absolute Gasteiger partial charge is 0.497 e. The maximum absolute atomic E-state index is 13.4. The number of para-hydroxylation sites is 1. The van der Waals surface area contributed by atoms with E-state index < -0.39 is 10.0 Å². The van der Waals surface area contributed by atoms with Crippen molar-refractivity contribution in [2.24, 2.45) is 0 Å². The Morgan fingerprint density at radius 1 is 0.885 bits per heavy atom. The molecule has 0 bridgehead atoms. The molecule has 4 nitrogen and oxygen atoms in total. The van der Waals surface area contributed by atoms with Gasteiger partial charge in [-0.25, -0.2) is 8.42 Å². The fourth-order valence-electron chi connectivity index (χ4n) is 2.82. The first-order chi connectivity index (χ1) is 12.5. The predicted octanol–water partition coefficient (Wildman–Crippen LogP) is 4.40. The van der Waals surface area contributed by atoms with Gasteiger partial charge in [0.2, 0.25) is 0 Å². The quantitative estimate of drug-likeness (QED) is 0.649. The molecule has 0 aliphatic rings. The van der Waals surface area contributed by atoms with Crippen LogP contribution in [0.15, 0.2) is 83.8 Å². The molecule has 0 fully saturated rings. The third-order valence-electron chi connectivity index (χ3n) is 4.16. The number of sulfonamides is 1. The molecule has 3 aromatic rings. The molecule has 0 aliphatic heterocycles. The summed E-state index contributed by atoms with van der Waals surface area (Å²) in [6.07, 6.45) is 0. The van der Waals surface area contributed by atoms with Crippen LogP contribution < -0.4 is 9.04 Å². The Kier molecular flexibility index (Phi) is 5.28. The van der Waals surface area contributed by atoms with Crippen molar-refractivity contribution in [3.05, 3.63) is 90.0 Å². The molecule has 0 spiro atoms. The van der Waals surface area contributed by atoms with E-state index in [1.165, 1.54) is 4.31 Å². The number of methoxy groups -OCH3 is 1. The lowest BCUT2D eigenvalue weighted by Gasteiger charge is -2.25. The van der Waals surface area contributed by atoms with E-state index in [2.05, 4.69) is 0 Å². The van der Waals surface area contributed by atoms with Crippen LogP contribution in [0.1, 0.15) is 11.1 Å². The number of benzene rings is 3. The van der Waals surface area contributed by atoms with E-state index in [0.29, 0.717) is 17.0 Å². The molecule has 5 heteroatoms. The highest BCUT2D eigenvalue weighted by molar-refractivity contribution is 7.92. The van der Waals surface area contributed by atoms with Gasteiger partial charge in [-0.15, -0.1) is 0 Å². The maximum Gasteiger partial charge on any atom is 0.264 e. The van der Waals surface area contributed by atoms with Crippen LogP contribution in [0.2, 0.25) is 0 Å². The Bertz CT molecular complexity index is 971. The Hall–Kier alpha value is -2.79. The van der Waals surface area contributed by atoms with E-state index in [1.807, 2.05) is 48.5 Å². The second-order valence-electron chi connectivity index (χ2n) is 5.96. The third kappa shape index (κ3) is 3.73. The minimum atomic E-state index is -3.73. The summed E-state index contributed by atoms with van der Waals surface area (Å²) in [5.41, 5.74) is 2.20. The molecule has 0 aromatic heterocycles. The summed E-state index contributed by atoms with van der Waals surface area (Å²) in [5.74, 6) is 0.635. The van der Waals surface area contributed by atoms with Crippen LogP contribution in [-0.4, -0.2) is 15.5 Å². The number of anilines is 1. The molecule has 134 valence electrons. The molecular weight excluding hydrogens is 346 g/mol. The van der Waals surface area contributed by atoms with Gasteiger partial charge in [0.25, 0.3) is 10.0 Å². The lowest BCUT2D eigenvalue weighted by molar-refractivity contribution is 0.414. The van der Waals surface area contributed by atoms with Gasteiger partial charge in [-0.1, -0.05) is 48.5 Å². The van der Waals surface area contributed by atoms with Crippen molar-refractivity contribution in [1.82, 2.24) is 0 Å². The van der Waals surface area contributed by atoms with Crippen LogP contribution in [0.3, 0.4) is 0 Å². The highest BCUT2D eigenvalue weighted by Gasteiger charge is 2.27. The summed E-state index contributed by atoms with van der Waals surface area (Å²) in [5, 5.41) is 0. The number of hydrogen-bond donors (Lipinski definition) is 0. The maximum atomic E-state index is 13.4. The molecule has 0 heterocycles. The molecule has 0 unspecified atom stereocenters. The molecule has 0 aliphatic carbocycles. The molecule has 0 N–H and O–H groups in total. The second-order valence-corrected chi connectivity index (χ2v) is 7.79. The van der Waals surface area contributed by atoms with Crippen molar-refractivity contribution >= 4 is 15.7 Å². The molecule has 3 rings (SSSR count). The van der Waals surface area contributed by atoms with E-state index in [9.17, 15) is 8.42 Å². The van der Waals surface area contributed by atoms with Gasteiger partial charge in [-0.2, -0.15) is 0 Å². The first kappa shape index (κ1) is 18.0. The molecule has 0 saturated carbocycles. The predicted molar refractivity (Wildman–Crippen MR) is 104 cm³/mol. The van der Waals surface area contributed by atoms with Crippen molar-refractivity contribution in [2.75, 3.05) is 11.4 Å². The van der Waals surface area contributed by atoms with Gasteiger partial charge in [0, 0.05) is 0 Å². The Balaban J connectivity index is 2.08. The van der Waals surface area contributed by atoms with Crippen molar-refractivity contribution in [3.63, 3.8) is 0 Å². The number of aryl methyl sites for hydroxylation is 1. The highest BCUT2D eigenvalue weighted by Crippen LogP contribution is 2.29. The zero-order valence-electron chi connectivity index (χ0n) is 14.8. The Morgan fingerprint density at radius 3 is 2.08 bits per heavy atom. The smallest absolute Gasteiger partial charge is 0.264 e. The van der Waals surface area contributed by atoms with E-state index >= 15 is 0 Å². The van der Waals surface area contributed by atoms with Gasteiger partial charge in [0.05, 0.1) is 24.2 Å². The lowest BCUT2D eigenvalue weighted by atomic mass is 10.2. The summed E-state index contributed by atoms with van der Waals surface area (Å²) in [6, 6.07) is 23.7. The standard InChI is InChI=1S/C21H21NO3S/c1-17-15-20(25-2)13-14-21(17)26(23,24)22(19-11-7-4-8-12-19)16-18-9-5-3-6-10-18/h3-15H,16H2,1-2H3.